The summed E-state index contributed by atoms with van der Waals surface area (Å²) in [4.78, 5) is 14.0. The molecule has 3 aromatic rings. The van der Waals surface area contributed by atoms with Crippen LogP contribution in [0.3, 0.4) is 0 Å². The number of alkyl halides is 1. The summed E-state index contributed by atoms with van der Waals surface area (Å²) in [5, 5.41) is 14.6. The zero-order valence-electron chi connectivity index (χ0n) is 23.7. The highest BCUT2D eigenvalue weighted by Crippen LogP contribution is 2.54. The Bertz CT molecular complexity index is 1530. The highest BCUT2D eigenvalue weighted by molar-refractivity contribution is 5.68. The maximum absolute atomic E-state index is 14.2. The fraction of sp³-hybridized carbons (Fsp3) is 0.548. The van der Waals surface area contributed by atoms with Gasteiger partial charge in [-0.05, 0) is 89.1 Å². The average molecular weight is 558 g/mol. The number of benzene rings is 1. The van der Waals surface area contributed by atoms with E-state index in [1.807, 2.05) is 23.1 Å². The third-order valence-electron chi connectivity index (χ3n) is 9.77. The van der Waals surface area contributed by atoms with E-state index in [0.29, 0.717) is 60.0 Å². The summed E-state index contributed by atoms with van der Waals surface area (Å²) in [5.74, 6) is 2.33. The zero-order chi connectivity index (χ0) is 28.3. The first-order valence-corrected chi connectivity index (χ1v) is 14.8. The van der Waals surface area contributed by atoms with Crippen LogP contribution >= 0.6 is 0 Å². The number of aryl methyl sites for hydroxylation is 1. The van der Waals surface area contributed by atoms with Crippen molar-refractivity contribution in [2.24, 2.45) is 0 Å². The number of nitriles is 1. The van der Waals surface area contributed by atoms with Crippen LogP contribution in [0.15, 0.2) is 22.7 Å². The Balaban J connectivity index is 1.31. The maximum atomic E-state index is 14.2. The van der Waals surface area contributed by atoms with Gasteiger partial charge in [-0.2, -0.15) is 10.2 Å². The van der Waals surface area contributed by atoms with Gasteiger partial charge in [-0.25, -0.2) is 9.37 Å². The lowest BCUT2D eigenvalue weighted by Gasteiger charge is -2.33. The zero-order valence-corrected chi connectivity index (χ0v) is 23.7. The second-order valence-corrected chi connectivity index (χ2v) is 12.2. The van der Waals surface area contributed by atoms with Gasteiger partial charge in [0.15, 0.2) is 17.3 Å². The number of nitrogens with two attached hydrogens (primary N) is 1. The molecule has 7 rings (SSSR count). The van der Waals surface area contributed by atoms with Gasteiger partial charge in [-0.15, -0.1) is 0 Å². The summed E-state index contributed by atoms with van der Waals surface area (Å²) < 4.78 is 26.8. The minimum Gasteiger partial charge on any atom is -0.473 e. The summed E-state index contributed by atoms with van der Waals surface area (Å²) in [6.07, 6.45) is 6.02. The number of hydrogen-bond acceptors (Lipinski definition) is 9. The lowest BCUT2D eigenvalue weighted by Crippen LogP contribution is -2.38. The molecule has 4 aliphatic rings. The molecule has 2 aromatic heterocycles. The van der Waals surface area contributed by atoms with E-state index in [1.54, 1.807) is 0 Å². The molecular formula is C31H36FN7O2. The molecule has 2 aliphatic heterocycles. The average Bonchev–Trinajstić information content (AvgIpc) is 3.76. The summed E-state index contributed by atoms with van der Waals surface area (Å²) in [6, 6.07) is 8.37. The number of nitrogen functional groups attached to an aromatic ring is 1. The van der Waals surface area contributed by atoms with E-state index in [-0.39, 0.29) is 6.10 Å². The Labute approximate surface area is 239 Å². The number of anilines is 2. The third kappa shape index (κ3) is 4.24. The monoisotopic (exact) mass is 557 g/mol. The number of halogens is 1. The molecule has 0 bridgehead atoms. The molecule has 0 radical (unpaired) electrons. The number of fused-ring (bicyclic) bond motifs is 4. The van der Waals surface area contributed by atoms with Gasteiger partial charge in [0.25, 0.3) is 0 Å². The van der Waals surface area contributed by atoms with E-state index in [1.165, 1.54) is 0 Å². The van der Waals surface area contributed by atoms with E-state index >= 15 is 0 Å². The predicted octanol–water partition coefficient (Wildman–Crippen LogP) is 4.56. The van der Waals surface area contributed by atoms with E-state index in [4.69, 9.17) is 25.0 Å². The van der Waals surface area contributed by atoms with Crippen molar-refractivity contribution in [3.8, 4) is 23.5 Å². The largest absolute Gasteiger partial charge is 0.473 e. The topological polar surface area (TPSA) is 117 Å². The third-order valence-corrected chi connectivity index (χ3v) is 9.77. The van der Waals surface area contributed by atoms with Gasteiger partial charge in [-0.1, -0.05) is 11.2 Å². The Hall–Kier alpha value is -3.71. The van der Waals surface area contributed by atoms with Gasteiger partial charge in [0.2, 0.25) is 5.88 Å². The number of aromatic nitrogens is 3. The fourth-order valence-corrected chi connectivity index (χ4v) is 7.73. The van der Waals surface area contributed by atoms with Crippen molar-refractivity contribution in [1.82, 2.24) is 20.0 Å². The van der Waals surface area contributed by atoms with Crippen LogP contribution in [0, 0.1) is 11.3 Å². The Morgan fingerprint density at radius 3 is 2.83 bits per heavy atom. The fourth-order valence-electron chi connectivity index (χ4n) is 7.73. The normalized spacial score (nSPS) is 26.2. The molecule has 10 heteroatoms. The van der Waals surface area contributed by atoms with Crippen LogP contribution in [0.2, 0.25) is 0 Å². The molecule has 0 amide bonds. The molecule has 2 N–H and O–H groups in total. The van der Waals surface area contributed by atoms with E-state index in [0.717, 1.165) is 73.9 Å². The molecule has 1 aromatic carbocycles. The SMILES string of the molecule is CC(Oc1cc(N2CCC(F)C2)nc(-c2noc3c2CCCC32CCc3ccc(N)c(C#N)c32)n1)C1CCCN1C. The van der Waals surface area contributed by atoms with Crippen molar-refractivity contribution in [2.75, 3.05) is 37.3 Å². The molecule has 9 nitrogen and oxygen atoms in total. The smallest absolute Gasteiger partial charge is 0.219 e. The van der Waals surface area contributed by atoms with Gasteiger partial charge in [0, 0.05) is 29.9 Å². The minimum absolute atomic E-state index is 0.0649. The van der Waals surface area contributed by atoms with Crippen molar-refractivity contribution in [2.45, 2.75) is 82.0 Å². The number of nitrogens with zero attached hydrogens (tertiary/aromatic N) is 6. The van der Waals surface area contributed by atoms with Crippen molar-refractivity contribution >= 4 is 11.5 Å². The molecule has 4 heterocycles. The van der Waals surface area contributed by atoms with Crippen LogP contribution in [0.1, 0.15) is 73.5 Å². The number of ether oxygens (including phenoxy) is 1. The van der Waals surface area contributed by atoms with Crippen LogP contribution in [0.4, 0.5) is 15.9 Å². The molecular weight excluding hydrogens is 521 g/mol. The summed E-state index contributed by atoms with van der Waals surface area (Å²) >= 11 is 0. The predicted molar refractivity (Wildman–Crippen MR) is 153 cm³/mol. The van der Waals surface area contributed by atoms with Crippen LogP contribution in [0.5, 0.6) is 5.88 Å². The van der Waals surface area contributed by atoms with Crippen molar-refractivity contribution in [3.05, 3.63) is 46.2 Å². The Kier molecular flexibility index (Phi) is 6.38. The van der Waals surface area contributed by atoms with Gasteiger partial charge in [-0.3, -0.25) is 4.90 Å². The number of hydrogen-bond donors (Lipinski definition) is 1. The number of rotatable bonds is 5. The van der Waals surface area contributed by atoms with E-state index in [9.17, 15) is 9.65 Å². The molecule has 41 heavy (non-hydrogen) atoms. The first kappa shape index (κ1) is 26.2. The van der Waals surface area contributed by atoms with E-state index in [2.05, 4.69) is 30.1 Å². The Morgan fingerprint density at radius 1 is 1.20 bits per heavy atom. The van der Waals surface area contributed by atoms with Crippen LogP contribution in [0.25, 0.3) is 11.5 Å². The number of likely N-dealkylation sites (N-methyl/N-ethyl adjacent to an activating group) is 1. The molecule has 0 saturated carbocycles. The van der Waals surface area contributed by atoms with Crippen LogP contribution in [-0.2, 0) is 18.3 Å². The first-order chi connectivity index (χ1) is 19.9. The van der Waals surface area contributed by atoms with Gasteiger partial charge < -0.3 is 19.9 Å². The standard InChI is InChI=1S/C31H36FN7O2/c1-18(24-6-4-13-38(24)2)40-26-15-25(39-14-10-20(32)17-39)35-30(36-26)28-21-5-3-11-31(29(21)41-37-28)12-9-19-7-8-23(34)22(16-33)27(19)31/h7-8,15,18,20,24H,3-6,9-14,17,34H2,1-2H3. The molecule has 4 unspecified atom stereocenters. The molecule has 2 saturated heterocycles. The number of likely N-dealkylation sites (tertiary alicyclic amines) is 1. The lowest BCUT2D eigenvalue weighted by atomic mass is 9.68. The second-order valence-electron chi connectivity index (χ2n) is 12.2. The summed E-state index contributed by atoms with van der Waals surface area (Å²) in [5.41, 5.74) is 10.6. The van der Waals surface area contributed by atoms with E-state index < -0.39 is 11.6 Å². The molecule has 4 atom stereocenters. The molecule has 214 valence electrons. The van der Waals surface area contributed by atoms with Gasteiger partial charge in [0.05, 0.1) is 17.5 Å². The second kappa shape index (κ2) is 9.98. The quantitative estimate of drug-likeness (QED) is 0.450. The summed E-state index contributed by atoms with van der Waals surface area (Å²) in [6.45, 7) is 4.03. The Morgan fingerprint density at radius 2 is 2.07 bits per heavy atom. The van der Waals surface area contributed by atoms with Crippen molar-refractivity contribution < 1.29 is 13.7 Å². The van der Waals surface area contributed by atoms with Crippen LogP contribution in [-0.4, -0.2) is 65.0 Å². The van der Waals surface area contributed by atoms with Crippen LogP contribution < -0.4 is 15.4 Å². The highest BCUT2D eigenvalue weighted by atomic mass is 19.1. The van der Waals surface area contributed by atoms with Crippen molar-refractivity contribution in [3.63, 3.8) is 0 Å². The lowest BCUT2D eigenvalue weighted by molar-refractivity contribution is 0.117. The minimum atomic E-state index is -0.882. The summed E-state index contributed by atoms with van der Waals surface area (Å²) in [7, 11) is 2.13. The maximum Gasteiger partial charge on any atom is 0.219 e. The van der Waals surface area contributed by atoms with Crippen molar-refractivity contribution in [1.29, 1.82) is 5.26 Å². The molecule has 2 fully saturated rings. The first-order valence-electron chi connectivity index (χ1n) is 14.8. The van der Waals surface area contributed by atoms with Gasteiger partial charge in [0.1, 0.15) is 24.2 Å². The van der Waals surface area contributed by atoms with Gasteiger partial charge >= 0.3 is 0 Å². The molecule has 1 spiro atoms. The molecule has 2 aliphatic carbocycles. The highest BCUT2D eigenvalue weighted by Gasteiger charge is 2.49.